The number of urea groups is 1. The van der Waals surface area contributed by atoms with Crippen molar-refractivity contribution in [2.75, 3.05) is 25.5 Å². The first-order valence-electron chi connectivity index (χ1n) is 4.06. The molecule has 13 heavy (non-hydrogen) atoms. The number of carbonyl (C=O) groups is 1. The highest BCUT2D eigenvalue weighted by Crippen LogP contribution is 1.90. The molecule has 0 fully saturated rings. The maximum atomic E-state index is 11.3. The van der Waals surface area contributed by atoms with Gasteiger partial charge in [-0.3, -0.25) is 0 Å². The Hall–Kier alpha value is -0.960. The number of hydrogen-bond donors (Lipinski definition) is 1. The maximum Gasteiger partial charge on any atom is 0.318 e. The minimum absolute atomic E-state index is 0.138. The zero-order chi connectivity index (χ0) is 10.1. The summed E-state index contributed by atoms with van der Waals surface area (Å²) in [5, 5.41) is 2.66. The van der Waals surface area contributed by atoms with Gasteiger partial charge < -0.3 is 10.2 Å². The summed E-state index contributed by atoms with van der Waals surface area (Å²) in [5.74, 6) is 0.418. The van der Waals surface area contributed by atoms with Crippen LogP contribution in [0, 0.1) is 0 Å². The monoisotopic (exact) mass is 202 g/mol. The molecule has 4 heteroatoms. The first kappa shape index (κ1) is 12.0. The third-order valence-electron chi connectivity index (χ3n) is 1.36. The second kappa shape index (κ2) is 7.68. The molecule has 74 valence electrons. The molecule has 0 saturated heterocycles. The van der Waals surface area contributed by atoms with Gasteiger partial charge in [0, 0.05) is 25.5 Å². The van der Waals surface area contributed by atoms with Gasteiger partial charge >= 0.3 is 6.03 Å². The molecule has 0 rings (SSSR count). The van der Waals surface area contributed by atoms with Gasteiger partial charge in [0.05, 0.1) is 0 Å². The van der Waals surface area contributed by atoms with Gasteiger partial charge in [-0.25, -0.2) is 4.79 Å². The minimum atomic E-state index is -0.138. The molecule has 0 aliphatic carbocycles. The van der Waals surface area contributed by atoms with Crippen molar-refractivity contribution >= 4 is 17.6 Å². The highest BCUT2D eigenvalue weighted by atomic mass is 35.5. The van der Waals surface area contributed by atoms with Crippen molar-refractivity contribution in [3.05, 3.63) is 25.3 Å². The Bertz CT molecular complexity index is 172. The van der Waals surface area contributed by atoms with Crippen LogP contribution in [0.1, 0.15) is 0 Å². The van der Waals surface area contributed by atoms with E-state index in [4.69, 9.17) is 11.6 Å². The fourth-order valence-corrected chi connectivity index (χ4v) is 0.913. The number of rotatable bonds is 6. The van der Waals surface area contributed by atoms with Crippen LogP contribution in [0.3, 0.4) is 0 Å². The normalized spacial score (nSPS) is 9.00. The van der Waals surface area contributed by atoms with E-state index in [-0.39, 0.29) is 6.03 Å². The molecule has 0 aliphatic rings. The first-order valence-corrected chi connectivity index (χ1v) is 4.60. The Morgan fingerprint density at radius 3 is 2.31 bits per heavy atom. The zero-order valence-corrected chi connectivity index (χ0v) is 8.39. The molecule has 1 N–H and O–H groups in total. The Balaban J connectivity index is 3.93. The average Bonchev–Trinajstić information content (AvgIpc) is 2.14. The molecule has 0 aromatic heterocycles. The lowest BCUT2D eigenvalue weighted by Crippen LogP contribution is -2.40. The third-order valence-corrected chi connectivity index (χ3v) is 1.55. The molecule has 2 amide bonds. The molecule has 0 aromatic rings. The summed E-state index contributed by atoms with van der Waals surface area (Å²) in [4.78, 5) is 12.9. The number of alkyl halides is 1. The van der Waals surface area contributed by atoms with Gasteiger partial charge in [-0.2, -0.15) is 0 Å². The van der Waals surface area contributed by atoms with Crippen LogP contribution in [-0.2, 0) is 0 Å². The van der Waals surface area contributed by atoms with Gasteiger partial charge in [0.15, 0.2) is 0 Å². The van der Waals surface area contributed by atoms with E-state index >= 15 is 0 Å². The van der Waals surface area contributed by atoms with E-state index in [1.165, 1.54) is 0 Å². The van der Waals surface area contributed by atoms with Crippen LogP contribution in [0.15, 0.2) is 25.3 Å². The molecule has 0 aromatic carbocycles. The largest absolute Gasteiger partial charge is 0.337 e. The molecular formula is C9H15ClN2O. The van der Waals surface area contributed by atoms with Crippen LogP contribution in [0.2, 0.25) is 0 Å². The topological polar surface area (TPSA) is 32.3 Å². The van der Waals surface area contributed by atoms with Crippen molar-refractivity contribution in [3.8, 4) is 0 Å². The summed E-state index contributed by atoms with van der Waals surface area (Å²) in [6.45, 7) is 8.63. The van der Waals surface area contributed by atoms with Crippen LogP contribution in [-0.4, -0.2) is 36.4 Å². The Kier molecular flexibility index (Phi) is 7.11. The predicted octanol–water partition coefficient (Wildman–Crippen LogP) is 1.61. The smallest absolute Gasteiger partial charge is 0.318 e. The molecule has 0 radical (unpaired) electrons. The van der Waals surface area contributed by atoms with Crippen molar-refractivity contribution in [1.29, 1.82) is 0 Å². The molecule has 3 nitrogen and oxygen atoms in total. The molecule has 0 aliphatic heterocycles. The Morgan fingerprint density at radius 2 is 1.92 bits per heavy atom. The van der Waals surface area contributed by atoms with Crippen molar-refractivity contribution < 1.29 is 4.79 Å². The fourth-order valence-electron chi connectivity index (χ4n) is 0.818. The standard InChI is InChI=1S/C9H15ClN2O/c1-3-7-12(8-4-2)9(13)11-6-5-10/h3-4H,1-2,5-8H2,(H,11,13). The lowest BCUT2D eigenvalue weighted by atomic mass is 10.4. The van der Waals surface area contributed by atoms with Gasteiger partial charge in [-0.15, -0.1) is 24.8 Å². The van der Waals surface area contributed by atoms with Crippen molar-refractivity contribution in [2.24, 2.45) is 0 Å². The lowest BCUT2D eigenvalue weighted by molar-refractivity contribution is 0.209. The molecule has 0 bridgehead atoms. The minimum Gasteiger partial charge on any atom is -0.337 e. The van der Waals surface area contributed by atoms with Gasteiger partial charge in [-0.1, -0.05) is 12.2 Å². The SMILES string of the molecule is C=CCN(CC=C)C(=O)NCCCl. The van der Waals surface area contributed by atoms with E-state index in [1.54, 1.807) is 17.1 Å². The second-order valence-electron chi connectivity index (χ2n) is 2.40. The summed E-state index contributed by atoms with van der Waals surface area (Å²) in [6, 6.07) is -0.138. The van der Waals surface area contributed by atoms with Crippen molar-refractivity contribution in [2.45, 2.75) is 0 Å². The molecule has 0 heterocycles. The zero-order valence-electron chi connectivity index (χ0n) is 7.63. The third kappa shape index (κ3) is 5.31. The predicted molar refractivity (Wildman–Crippen MR) is 56.1 cm³/mol. The summed E-state index contributed by atoms with van der Waals surface area (Å²) in [5.41, 5.74) is 0. The molecule has 0 atom stereocenters. The fraction of sp³-hybridized carbons (Fsp3) is 0.444. The van der Waals surface area contributed by atoms with Crippen LogP contribution in [0.25, 0.3) is 0 Å². The van der Waals surface area contributed by atoms with E-state index in [2.05, 4.69) is 18.5 Å². The van der Waals surface area contributed by atoms with Crippen LogP contribution >= 0.6 is 11.6 Å². The van der Waals surface area contributed by atoms with Crippen LogP contribution in [0.5, 0.6) is 0 Å². The van der Waals surface area contributed by atoms with Gasteiger partial charge in [-0.05, 0) is 0 Å². The van der Waals surface area contributed by atoms with E-state index in [1.807, 2.05) is 0 Å². The summed E-state index contributed by atoms with van der Waals surface area (Å²) in [7, 11) is 0. The first-order chi connectivity index (χ1) is 6.26. The number of carbonyl (C=O) groups excluding carboxylic acids is 1. The Morgan fingerprint density at radius 1 is 1.38 bits per heavy atom. The quantitative estimate of drug-likeness (QED) is 0.515. The molecular weight excluding hydrogens is 188 g/mol. The van der Waals surface area contributed by atoms with E-state index < -0.39 is 0 Å². The van der Waals surface area contributed by atoms with Gasteiger partial charge in [0.1, 0.15) is 0 Å². The highest BCUT2D eigenvalue weighted by molar-refractivity contribution is 6.18. The highest BCUT2D eigenvalue weighted by Gasteiger charge is 2.08. The lowest BCUT2D eigenvalue weighted by Gasteiger charge is -2.19. The van der Waals surface area contributed by atoms with Crippen molar-refractivity contribution in [3.63, 3.8) is 0 Å². The van der Waals surface area contributed by atoms with Crippen LogP contribution in [0.4, 0.5) is 4.79 Å². The molecule has 0 saturated carbocycles. The van der Waals surface area contributed by atoms with Crippen LogP contribution < -0.4 is 5.32 Å². The number of nitrogens with zero attached hydrogens (tertiary/aromatic N) is 1. The molecule has 0 spiro atoms. The van der Waals surface area contributed by atoms with E-state index in [0.29, 0.717) is 25.5 Å². The Labute approximate surface area is 84.1 Å². The number of halogens is 1. The summed E-state index contributed by atoms with van der Waals surface area (Å²) >= 11 is 5.43. The van der Waals surface area contributed by atoms with E-state index in [9.17, 15) is 4.79 Å². The number of hydrogen-bond acceptors (Lipinski definition) is 1. The maximum absolute atomic E-state index is 11.3. The van der Waals surface area contributed by atoms with E-state index in [0.717, 1.165) is 0 Å². The number of amides is 2. The van der Waals surface area contributed by atoms with Gasteiger partial charge in [0.25, 0.3) is 0 Å². The molecule has 0 unspecified atom stereocenters. The second-order valence-corrected chi connectivity index (χ2v) is 2.78. The summed E-state index contributed by atoms with van der Waals surface area (Å²) < 4.78 is 0. The van der Waals surface area contributed by atoms with Gasteiger partial charge in [0.2, 0.25) is 0 Å². The van der Waals surface area contributed by atoms with Crippen molar-refractivity contribution in [1.82, 2.24) is 10.2 Å². The summed E-state index contributed by atoms with van der Waals surface area (Å²) in [6.07, 6.45) is 3.34. The number of nitrogens with one attached hydrogen (secondary N) is 1. The average molecular weight is 203 g/mol.